The van der Waals surface area contributed by atoms with Gasteiger partial charge in [-0.2, -0.15) is 4.31 Å². The molecule has 2 aromatic rings. The Morgan fingerprint density at radius 3 is 2.19 bits per heavy atom. The molecule has 0 saturated carbocycles. The molecule has 0 N–H and O–H groups in total. The Morgan fingerprint density at radius 1 is 1.02 bits per heavy atom. The molecule has 0 bridgehead atoms. The molecule has 0 aromatic heterocycles. The number of rotatable bonds is 11. The Bertz CT molecular complexity index is 1270. The number of carbonyl (C=O) groups is 2. The highest BCUT2D eigenvalue weighted by Crippen LogP contribution is 2.30. The number of hydrogen-bond donors (Lipinski definition) is 0. The summed E-state index contributed by atoms with van der Waals surface area (Å²) in [5.41, 5.74) is 0.714. The van der Waals surface area contributed by atoms with E-state index in [2.05, 4.69) is 18.1 Å². The number of methoxy groups -OCH3 is 1. The van der Waals surface area contributed by atoms with Crippen LogP contribution in [-0.2, 0) is 19.5 Å². The summed E-state index contributed by atoms with van der Waals surface area (Å²) in [5, 5.41) is 0. The first-order valence-electron chi connectivity index (χ1n) is 14.6. The Morgan fingerprint density at radius 2 is 1.63 bits per heavy atom. The number of piperidine rings is 1. The van der Waals surface area contributed by atoms with E-state index in [-0.39, 0.29) is 53.1 Å². The summed E-state index contributed by atoms with van der Waals surface area (Å²) in [6.07, 6.45) is 1.98. The van der Waals surface area contributed by atoms with Crippen molar-refractivity contribution in [2.75, 3.05) is 53.0 Å². The molecule has 2 aliphatic heterocycles. The van der Waals surface area contributed by atoms with Gasteiger partial charge in [-0.3, -0.25) is 9.59 Å². The van der Waals surface area contributed by atoms with E-state index >= 15 is 0 Å². The van der Waals surface area contributed by atoms with Gasteiger partial charge in [-0.1, -0.05) is 0 Å². The van der Waals surface area contributed by atoms with E-state index in [4.69, 9.17) is 14.2 Å². The van der Waals surface area contributed by atoms with Crippen molar-refractivity contribution in [1.29, 1.82) is 0 Å². The molecular formula is C32H45FN2O7S. The van der Waals surface area contributed by atoms with Crippen LogP contribution < -0.4 is 4.74 Å². The summed E-state index contributed by atoms with van der Waals surface area (Å²) < 4.78 is 55.5. The first-order valence-corrected chi connectivity index (χ1v) is 16.0. The number of ether oxygens (including phenoxy) is 3. The Hall–Kier alpha value is -2.96. The van der Waals surface area contributed by atoms with Gasteiger partial charge in [0.05, 0.1) is 18.6 Å². The fraction of sp³-hybridized carbons (Fsp3) is 0.500. The van der Waals surface area contributed by atoms with Crippen molar-refractivity contribution in [3.63, 3.8) is 0 Å². The third-order valence-electron chi connectivity index (χ3n) is 7.20. The summed E-state index contributed by atoms with van der Waals surface area (Å²) in [4.78, 5) is 27.4. The number of sulfonamides is 1. The SMILES string of the molecule is C=C.CCOC(C)OCC.COc1ccc2c(c1)C(=O)CN(CCCN1CCC(C(=O)c3ccc(F)cc3)CC1)S2(=O)=O. The smallest absolute Gasteiger partial charge is 0.244 e. The summed E-state index contributed by atoms with van der Waals surface area (Å²) in [6, 6.07) is 10.1. The van der Waals surface area contributed by atoms with Gasteiger partial charge in [-0.05, 0) is 102 Å². The van der Waals surface area contributed by atoms with Gasteiger partial charge in [0.25, 0.3) is 0 Å². The largest absolute Gasteiger partial charge is 0.497 e. The van der Waals surface area contributed by atoms with Crippen molar-refractivity contribution < 1.29 is 36.6 Å². The molecule has 43 heavy (non-hydrogen) atoms. The van der Waals surface area contributed by atoms with Crippen molar-refractivity contribution in [3.8, 4) is 5.75 Å². The van der Waals surface area contributed by atoms with E-state index < -0.39 is 10.0 Å². The van der Waals surface area contributed by atoms with Gasteiger partial charge in [0, 0.05) is 36.8 Å². The van der Waals surface area contributed by atoms with Crippen LogP contribution in [0.25, 0.3) is 0 Å². The number of ketones is 2. The molecule has 11 heteroatoms. The quantitative estimate of drug-likeness (QED) is 0.192. The van der Waals surface area contributed by atoms with Gasteiger partial charge in [0.1, 0.15) is 11.6 Å². The van der Waals surface area contributed by atoms with Crippen LogP contribution >= 0.6 is 0 Å². The van der Waals surface area contributed by atoms with Crippen LogP contribution in [0.4, 0.5) is 4.39 Å². The molecule has 2 aromatic carbocycles. The topological polar surface area (TPSA) is 102 Å². The number of halogens is 1. The van der Waals surface area contributed by atoms with Crippen molar-refractivity contribution in [2.45, 2.75) is 51.2 Å². The maximum absolute atomic E-state index is 13.1. The predicted octanol–water partition coefficient (Wildman–Crippen LogP) is 5.21. The normalized spacial score (nSPS) is 16.8. The van der Waals surface area contributed by atoms with E-state index in [0.29, 0.717) is 37.1 Å². The fourth-order valence-corrected chi connectivity index (χ4v) is 6.63. The van der Waals surface area contributed by atoms with Gasteiger partial charge in [-0.15, -0.1) is 13.2 Å². The zero-order chi connectivity index (χ0) is 32.0. The van der Waals surface area contributed by atoms with Gasteiger partial charge in [0.15, 0.2) is 17.9 Å². The lowest BCUT2D eigenvalue weighted by molar-refractivity contribution is -0.123. The molecule has 4 rings (SSSR count). The van der Waals surface area contributed by atoms with Crippen LogP contribution in [0, 0.1) is 11.7 Å². The highest BCUT2D eigenvalue weighted by atomic mass is 32.2. The van der Waals surface area contributed by atoms with Gasteiger partial charge >= 0.3 is 0 Å². The molecule has 1 saturated heterocycles. The Balaban J connectivity index is 0.000000561. The van der Waals surface area contributed by atoms with Crippen LogP contribution in [0.5, 0.6) is 5.75 Å². The molecule has 0 radical (unpaired) electrons. The third kappa shape index (κ3) is 10.3. The fourth-order valence-electron chi connectivity index (χ4n) is 5.00. The molecule has 0 amide bonds. The third-order valence-corrected chi connectivity index (χ3v) is 9.10. The summed E-state index contributed by atoms with van der Waals surface area (Å²) in [5.74, 6) is -0.184. The lowest BCUT2D eigenvalue weighted by atomic mass is 9.89. The minimum absolute atomic E-state index is 0.0275. The number of fused-ring (bicyclic) bond motifs is 1. The van der Waals surface area contributed by atoms with Gasteiger partial charge in [-0.25, -0.2) is 12.8 Å². The zero-order valence-electron chi connectivity index (χ0n) is 25.7. The van der Waals surface area contributed by atoms with E-state index in [1.165, 1.54) is 47.8 Å². The molecule has 0 unspecified atom stereocenters. The first kappa shape index (κ1) is 36.2. The Kier molecular flexibility index (Phi) is 15.2. The molecule has 2 heterocycles. The van der Waals surface area contributed by atoms with Crippen LogP contribution in [0.1, 0.15) is 60.7 Å². The van der Waals surface area contributed by atoms with Crippen LogP contribution in [0.15, 0.2) is 60.5 Å². The number of hydrogen-bond acceptors (Lipinski definition) is 8. The average Bonchev–Trinajstić information content (AvgIpc) is 3.01. The summed E-state index contributed by atoms with van der Waals surface area (Å²) >= 11 is 0. The maximum atomic E-state index is 13.1. The van der Waals surface area contributed by atoms with E-state index in [9.17, 15) is 22.4 Å². The van der Waals surface area contributed by atoms with Crippen molar-refractivity contribution in [3.05, 3.63) is 72.6 Å². The van der Waals surface area contributed by atoms with Crippen LogP contribution in [-0.4, -0.2) is 88.5 Å². The Labute approximate surface area is 255 Å². The van der Waals surface area contributed by atoms with Crippen molar-refractivity contribution in [1.82, 2.24) is 9.21 Å². The molecule has 1 fully saturated rings. The molecule has 2 aliphatic rings. The van der Waals surface area contributed by atoms with E-state index in [1.807, 2.05) is 20.8 Å². The molecule has 9 nitrogen and oxygen atoms in total. The van der Waals surface area contributed by atoms with E-state index in [1.54, 1.807) is 6.07 Å². The number of nitrogens with zero attached hydrogens (tertiary/aromatic N) is 2. The highest BCUT2D eigenvalue weighted by molar-refractivity contribution is 7.89. The number of likely N-dealkylation sites (tertiary alicyclic amines) is 1. The standard InChI is InChI=1S/C24H27FN2O5S.C6H14O2.C2H4/c1-32-20-7-8-23-21(15-20)22(28)16-27(33(23,30)31)12-2-11-26-13-9-18(10-14-26)24(29)17-3-5-19(25)6-4-17;1-4-7-6(3)8-5-2;1-2/h3-8,15,18H,2,9-14,16H2,1H3;6H,4-5H2,1-3H3;1-2H2. The molecule has 0 atom stereocenters. The monoisotopic (exact) mass is 620 g/mol. The number of Topliss-reactive ketones (excluding diaryl/α,β-unsaturated/α-hetero) is 2. The average molecular weight is 621 g/mol. The lowest BCUT2D eigenvalue weighted by Gasteiger charge is -2.32. The van der Waals surface area contributed by atoms with Crippen molar-refractivity contribution >= 4 is 21.6 Å². The predicted molar refractivity (Wildman–Crippen MR) is 165 cm³/mol. The first-order chi connectivity index (χ1) is 20.6. The molecule has 0 aliphatic carbocycles. The lowest BCUT2D eigenvalue weighted by Crippen LogP contribution is -2.43. The minimum atomic E-state index is -3.73. The molecule has 238 valence electrons. The molecular weight excluding hydrogens is 575 g/mol. The van der Waals surface area contributed by atoms with Gasteiger partial charge in [0.2, 0.25) is 10.0 Å². The second-order valence-electron chi connectivity index (χ2n) is 9.94. The number of carbonyl (C=O) groups excluding carboxylic acids is 2. The van der Waals surface area contributed by atoms with Gasteiger partial charge < -0.3 is 19.1 Å². The zero-order valence-corrected chi connectivity index (χ0v) is 26.5. The number of benzene rings is 2. The van der Waals surface area contributed by atoms with Crippen molar-refractivity contribution in [2.24, 2.45) is 5.92 Å². The molecule has 0 spiro atoms. The second kappa shape index (κ2) is 18.0. The maximum Gasteiger partial charge on any atom is 0.244 e. The summed E-state index contributed by atoms with van der Waals surface area (Å²) in [6.45, 7) is 15.5. The minimum Gasteiger partial charge on any atom is -0.497 e. The highest BCUT2D eigenvalue weighted by Gasteiger charge is 2.36. The second-order valence-corrected chi connectivity index (χ2v) is 11.8. The summed E-state index contributed by atoms with van der Waals surface area (Å²) in [7, 11) is -2.26. The van der Waals surface area contributed by atoms with E-state index in [0.717, 1.165) is 26.3 Å². The van der Waals surface area contributed by atoms with Crippen LogP contribution in [0.2, 0.25) is 0 Å². The van der Waals surface area contributed by atoms with Crippen LogP contribution in [0.3, 0.4) is 0 Å².